The summed E-state index contributed by atoms with van der Waals surface area (Å²) in [5.74, 6) is 1.14. The van der Waals surface area contributed by atoms with Gasteiger partial charge in [0.2, 0.25) is 11.9 Å². The van der Waals surface area contributed by atoms with Crippen molar-refractivity contribution in [1.82, 2.24) is 15.0 Å². The minimum atomic E-state index is -4.38. The Morgan fingerprint density at radius 1 is 1.08 bits per heavy atom. The first-order chi connectivity index (χ1) is 11.3. The first-order valence-electron chi connectivity index (χ1n) is 7.20. The molecule has 0 spiro atoms. The summed E-state index contributed by atoms with van der Waals surface area (Å²) in [6, 6.07) is 5.60. The van der Waals surface area contributed by atoms with Gasteiger partial charge in [0.25, 0.3) is 0 Å². The van der Waals surface area contributed by atoms with Crippen LogP contribution in [0.2, 0.25) is 0 Å². The van der Waals surface area contributed by atoms with Gasteiger partial charge in [-0.15, -0.1) is 0 Å². The van der Waals surface area contributed by atoms with Crippen LogP contribution in [0.1, 0.15) is 18.3 Å². The lowest BCUT2D eigenvalue weighted by Crippen LogP contribution is -2.34. The summed E-state index contributed by atoms with van der Waals surface area (Å²) in [6.07, 6.45) is -4.38. The highest BCUT2D eigenvalue weighted by Gasteiger charge is 2.36. The van der Waals surface area contributed by atoms with E-state index in [0.717, 1.165) is 18.2 Å². The zero-order valence-corrected chi connectivity index (χ0v) is 13.5. The van der Waals surface area contributed by atoms with Gasteiger partial charge in [-0.2, -0.15) is 28.1 Å². The van der Waals surface area contributed by atoms with E-state index in [4.69, 9.17) is 4.74 Å². The average molecular weight is 341 g/mol. The van der Waals surface area contributed by atoms with E-state index in [9.17, 15) is 13.2 Å². The lowest BCUT2D eigenvalue weighted by molar-refractivity contribution is -0.138. The molecular formula is C15H18F3N5O. The standard InChI is InChI=1S/C15H18F3N5O/c1-9(15(16,17)18)20-14-22-10(2)21-13(23-14)19-8-11-4-6-12(24-3)7-5-11/h4-7,9H,8H2,1-3H3,(H2,19,20,21,22,23)/t9-/m1/s1. The Bertz CT molecular complexity index is 676. The van der Waals surface area contributed by atoms with E-state index in [2.05, 4.69) is 25.6 Å². The van der Waals surface area contributed by atoms with Crippen LogP contribution in [0.5, 0.6) is 5.75 Å². The van der Waals surface area contributed by atoms with Gasteiger partial charge < -0.3 is 15.4 Å². The van der Waals surface area contributed by atoms with Crippen molar-refractivity contribution in [1.29, 1.82) is 0 Å². The number of aromatic nitrogens is 3. The zero-order chi connectivity index (χ0) is 17.7. The van der Waals surface area contributed by atoms with E-state index < -0.39 is 12.2 Å². The molecule has 0 saturated carbocycles. The number of methoxy groups -OCH3 is 1. The third-order valence-electron chi connectivity index (χ3n) is 3.19. The Kier molecular flexibility index (Phi) is 5.42. The smallest absolute Gasteiger partial charge is 0.408 e. The normalized spacial score (nSPS) is 12.6. The summed E-state index contributed by atoms with van der Waals surface area (Å²) in [7, 11) is 1.58. The van der Waals surface area contributed by atoms with E-state index in [0.29, 0.717) is 12.4 Å². The summed E-state index contributed by atoms with van der Waals surface area (Å²) < 4.78 is 42.9. The highest BCUT2D eigenvalue weighted by Crippen LogP contribution is 2.22. The largest absolute Gasteiger partial charge is 0.497 e. The fourth-order valence-electron chi connectivity index (χ4n) is 1.83. The molecule has 0 fully saturated rings. The highest BCUT2D eigenvalue weighted by molar-refractivity contribution is 5.37. The van der Waals surface area contributed by atoms with Crippen molar-refractivity contribution in [2.75, 3.05) is 17.7 Å². The van der Waals surface area contributed by atoms with Crippen molar-refractivity contribution in [3.05, 3.63) is 35.7 Å². The lowest BCUT2D eigenvalue weighted by Gasteiger charge is -2.17. The Morgan fingerprint density at radius 2 is 1.71 bits per heavy atom. The first kappa shape index (κ1) is 17.8. The molecule has 1 atom stereocenters. The van der Waals surface area contributed by atoms with Crippen LogP contribution in [0, 0.1) is 6.92 Å². The quantitative estimate of drug-likeness (QED) is 0.841. The van der Waals surface area contributed by atoms with Crippen LogP contribution in [0.3, 0.4) is 0 Å². The monoisotopic (exact) mass is 341 g/mol. The molecule has 0 unspecified atom stereocenters. The molecule has 0 aliphatic carbocycles. The molecule has 9 heteroatoms. The predicted octanol–water partition coefficient (Wildman–Crippen LogP) is 3.16. The predicted molar refractivity (Wildman–Crippen MR) is 84.0 cm³/mol. The van der Waals surface area contributed by atoms with Crippen molar-refractivity contribution in [3.8, 4) is 5.75 Å². The molecule has 0 aliphatic heterocycles. The van der Waals surface area contributed by atoms with Gasteiger partial charge in [-0.3, -0.25) is 0 Å². The molecule has 2 N–H and O–H groups in total. The molecule has 1 aromatic heterocycles. The van der Waals surface area contributed by atoms with E-state index in [1.807, 2.05) is 24.3 Å². The number of rotatable bonds is 6. The topological polar surface area (TPSA) is 72.0 Å². The number of ether oxygens (including phenoxy) is 1. The number of aryl methyl sites for hydroxylation is 1. The van der Waals surface area contributed by atoms with Gasteiger partial charge in [-0.05, 0) is 31.5 Å². The second-order valence-electron chi connectivity index (χ2n) is 5.14. The fourth-order valence-corrected chi connectivity index (χ4v) is 1.83. The number of hydrogen-bond donors (Lipinski definition) is 2. The van der Waals surface area contributed by atoms with E-state index in [-0.39, 0.29) is 11.9 Å². The summed E-state index contributed by atoms with van der Waals surface area (Å²) >= 11 is 0. The Morgan fingerprint density at radius 3 is 2.29 bits per heavy atom. The molecule has 1 aromatic carbocycles. The van der Waals surface area contributed by atoms with Crippen LogP contribution in [0.4, 0.5) is 25.1 Å². The highest BCUT2D eigenvalue weighted by atomic mass is 19.4. The van der Waals surface area contributed by atoms with Crippen LogP contribution in [0.25, 0.3) is 0 Å². The summed E-state index contributed by atoms with van der Waals surface area (Å²) in [4.78, 5) is 11.9. The van der Waals surface area contributed by atoms with Crippen LogP contribution in [-0.2, 0) is 6.54 Å². The molecule has 2 rings (SSSR count). The van der Waals surface area contributed by atoms with E-state index in [1.165, 1.54) is 0 Å². The molecule has 0 amide bonds. The average Bonchev–Trinajstić information content (AvgIpc) is 2.52. The maximum Gasteiger partial charge on any atom is 0.408 e. The SMILES string of the molecule is COc1ccc(CNc2nc(C)nc(N[C@H](C)C(F)(F)F)n2)cc1. The second-order valence-corrected chi connectivity index (χ2v) is 5.14. The number of hydrogen-bond acceptors (Lipinski definition) is 6. The number of anilines is 2. The van der Waals surface area contributed by atoms with Gasteiger partial charge in [0.15, 0.2) is 0 Å². The Hall–Kier alpha value is -2.58. The van der Waals surface area contributed by atoms with Crippen LogP contribution >= 0.6 is 0 Å². The number of nitrogens with one attached hydrogen (secondary N) is 2. The molecule has 1 heterocycles. The third kappa shape index (κ3) is 4.97. The number of nitrogens with zero attached hydrogens (tertiary/aromatic N) is 3. The van der Waals surface area contributed by atoms with E-state index in [1.54, 1.807) is 14.0 Å². The molecule has 0 aliphatic rings. The van der Waals surface area contributed by atoms with Crippen LogP contribution in [0.15, 0.2) is 24.3 Å². The Labute approximate surface area is 137 Å². The lowest BCUT2D eigenvalue weighted by atomic mass is 10.2. The second kappa shape index (κ2) is 7.33. The van der Waals surface area contributed by atoms with Crippen LogP contribution < -0.4 is 15.4 Å². The van der Waals surface area contributed by atoms with Gasteiger partial charge in [0.1, 0.15) is 17.6 Å². The summed E-state index contributed by atoms with van der Waals surface area (Å²) in [5.41, 5.74) is 0.951. The van der Waals surface area contributed by atoms with Crippen molar-refractivity contribution in [2.45, 2.75) is 32.6 Å². The third-order valence-corrected chi connectivity index (χ3v) is 3.19. The minimum absolute atomic E-state index is 0.121. The van der Waals surface area contributed by atoms with Gasteiger partial charge in [0.05, 0.1) is 7.11 Å². The fraction of sp³-hybridized carbons (Fsp3) is 0.400. The molecular weight excluding hydrogens is 323 g/mol. The number of alkyl halides is 3. The van der Waals surface area contributed by atoms with Crippen molar-refractivity contribution >= 4 is 11.9 Å². The molecule has 6 nitrogen and oxygen atoms in total. The maximum atomic E-state index is 12.6. The van der Waals surface area contributed by atoms with Gasteiger partial charge in [0, 0.05) is 6.54 Å². The van der Waals surface area contributed by atoms with Crippen molar-refractivity contribution in [3.63, 3.8) is 0 Å². The van der Waals surface area contributed by atoms with Gasteiger partial charge >= 0.3 is 6.18 Å². The molecule has 24 heavy (non-hydrogen) atoms. The maximum absolute atomic E-state index is 12.6. The van der Waals surface area contributed by atoms with Crippen molar-refractivity contribution in [2.24, 2.45) is 0 Å². The van der Waals surface area contributed by atoms with Gasteiger partial charge in [-0.1, -0.05) is 12.1 Å². The Balaban J connectivity index is 2.04. The number of benzene rings is 1. The van der Waals surface area contributed by atoms with E-state index >= 15 is 0 Å². The van der Waals surface area contributed by atoms with Crippen LogP contribution in [-0.4, -0.2) is 34.3 Å². The molecule has 0 radical (unpaired) electrons. The zero-order valence-electron chi connectivity index (χ0n) is 13.5. The minimum Gasteiger partial charge on any atom is -0.497 e. The number of halogens is 3. The summed E-state index contributed by atoms with van der Waals surface area (Å²) in [5, 5.41) is 5.20. The molecule has 130 valence electrons. The van der Waals surface area contributed by atoms with Gasteiger partial charge in [-0.25, -0.2) is 0 Å². The molecule has 2 aromatic rings. The first-order valence-corrected chi connectivity index (χ1v) is 7.20. The van der Waals surface area contributed by atoms with Crippen molar-refractivity contribution < 1.29 is 17.9 Å². The molecule has 0 bridgehead atoms. The molecule has 0 saturated heterocycles. The summed E-state index contributed by atoms with van der Waals surface area (Å²) in [6.45, 7) is 3.01.